The lowest BCUT2D eigenvalue weighted by Gasteiger charge is -2.23. The van der Waals surface area contributed by atoms with Gasteiger partial charge in [0, 0.05) is 23.7 Å². The first kappa shape index (κ1) is 24.9. The highest BCUT2D eigenvalue weighted by Gasteiger charge is 2.50. The fourth-order valence-electron chi connectivity index (χ4n) is 5.09. The van der Waals surface area contributed by atoms with Gasteiger partial charge in [-0.2, -0.15) is 0 Å². The van der Waals surface area contributed by atoms with Gasteiger partial charge in [0.25, 0.3) is 0 Å². The molecule has 2 fully saturated rings. The molecule has 5 nitrogen and oxygen atoms in total. The van der Waals surface area contributed by atoms with Crippen LogP contribution in [0.5, 0.6) is 0 Å². The molecule has 1 saturated carbocycles. The van der Waals surface area contributed by atoms with E-state index in [1.807, 2.05) is 62.4 Å². The molecule has 2 aromatic carbocycles. The Morgan fingerprint density at radius 2 is 1.74 bits per heavy atom. The van der Waals surface area contributed by atoms with Gasteiger partial charge in [0.2, 0.25) is 0 Å². The van der Waals surface area contributed by atoms with E-state index in [2.05, 4.69) is 6.92 Å². The van der Waals surface area contributed by atoms with E-state index >= 15 is 0 Å². The molecule has 0 unspecified atom stereocenters. The van der Waals surface area contributed by atoms with Crippen LogP contribution in [0.25, 0.3) is 11.1 Å². The summed E-state index contributed by atoms with van der Waals surface area (Å²) < 4.78 is 11.4. The monoisotopic (exact) mass is 474 g/mol. The number of benzene rings is 2. The molecule has 0 radical (unpaired) electrons. The van der Waals surface area contributed by atoms with Crippen molar-refractivity contribution in [3.63, 3.8) is 0 Å². The molecule has 0 bridgehead atoms. The number of esters is 2. The molecule has 0 aromatic heterocycles. The number of allylic oxidation sites excluding steroid dienone is 1. The van der Waals surface area contributed by atoms with Crippen molar-refractivity contribution in [2.75, 3.05) is 0 Å². The summed E-state index contributed by atoms with van der Waals surface area (Å²) in [6.45, 7) is 6.04. The molecule has 4 atom stereocenters. The number of hydrogen-bond acceptors (Lipinski definition) is 5. The van der Waals surface area contributed by atoms with Crippen LogP contribution in [0.1, 0.15) is 63.2 Å². The highest BCUT2D eigenvalue weighted by Crippen LogP contribution is 2.44. The topological polar surface area (TPSA) is 69.7 Å². The first-order chi connectivity index (χ1) is 16.8. The molecular formula is C30H34O5. The third kappa shape index (κ3) is 5.72. The highest BCUT2D eigenvalue weighted by atomic mass is 16.6. The smallest absolute Gasteiger partial charge is 0.338 e. The van der Waals surface area contributed by atoms with Crippen molar-refractivity contribution < 1.29 is 23.9 Å². The van der Waals surface area contributed by atoms with Crippen LogP contribution in [0.2, 0.25) is 0 Å². The third-order valence-electron chi connectivity index (χ3n) is 7.33. The van der Waals surface area contributed by atoms with Gasteiger partial charge in [0.05, 0.1) is 12.0 Å². The molecule has 2 aromatic rings. The van der Waals surface area contributed by atoms with E-state index in [9.17, 15) is 14.4 Å². The van der Waals surface area contributed by atoms with Crippen LogP contribution in [0.3, 0.4) is 0 Å². The van der Waals surface area contributed by atoms with Gasteiger partial charge in [-0.3, -0.25) is 9.59 Å². The summed E-state index contributed by atoms with van der Waals surface area (Å²) in [7, 11) is 0. The largest absolute Gasteiger partial charge is 0.462 e. The van der Waals surface area contributed by atoms with Gasteiger partial charge >= 0.3 is 11.9 Å². The first-order valence-electron chi connectivity index (χ1n) is 12.6. The number of hydrogen-bond donors (Lipinski definition) is 0. The van der Waals surface area contributed by atoms with Crippen LogP contribution in [-0.4, -0.2) is 29.9 Å². The number of unbranched alkanes of at least 4 members (excludes halogenated alkanes) is 1. The minimum absolute atomic E-state index is 0.0567. The van der Waals surface area contributed by atoms with Gasteiger partial charge in [-0.25, -0.2) is 4.79 Å². The van der Waals surface area contributed by atoms with Gasteiger partial charge in [-0.05, 0) is 35.8 Å². The Kier molecular flexibility index (Phi) is 7.54. The number of ether oxygens (including phenoxy) is 2. The second-order valence-electron chi connectivity index (χ2n) is 10.3. The number of rotatable bonds is 9. The zero-order chi connectivity index (χ0) is 25.0. The Labute approximate surface area is 207 Å². The highest BCUT2D eigenvalue weighted by molar-refractivity contribution is 5.94. The Morgan fingerprint density at radius 3 is 2.43 bits per heavy atom. The quantitative estimate of drug-likeness (QED) is 0.321. The van der Waals surface area contributed by atoms with E-state index in [0.29, 0.717) is 12.0 Å². The second-order valence-corrected chi connectivity index (χ2v) is 10.3. The lowest BCUT2D eigenvalue weighted by atomic mass is 9.81. The van der Waals surface area contributed by atoms with Crippen LogP contribution < -0.4 is 0 Å². The molecule has 4 rings (SSSR count). The van der Waals surface area contributed by atoms with Crippen LogP contribution >= 0.6 is 0 Å². The Morgan fingerprint density at radius 1 is 1.06 bits per heavy atom. The summed E-state index contributed by atoms with van der Waals surface area (Å²) in [5.74, 6) is -0.891. The molecule has 35 heavy (non-hydrogen) atoms. The van der Waals surface area contributed by atoms with Crippen LogP contribution in [0.15, 0.2) is 66.7 Å². The maximum absolute atomic E-state index is 13.0. The molecule has 2 aliphatic rings. The number of carbonyl (C=O) groups is 3. The summed E-state index contributed by atoms with van der Waals surface area (Å²) in [4.78, 5) is 37.8. The van der Waals surface area contributed by atoms with Gasteiger partial charge in [0.1, 0.15) is 12.2 Å². The fraction of sp³-hybridized carbons (Fsp3) is 0.433. The lowest BCUT2D eigenvalue weighted by Crippen LogP contribution is -2.26. The molecule has 0 N–H and O–H groups in total. The molecular weight excluding hydrogens is 440 g/mol. The van der Waals surface area contributed by atoms with Crippen molar-refractivity contribution in [1.29, 1.82) is 0 Å². The number of fused-ring (bicyclic) bond motifs is 1. The maximum Gasteiger partial charge on any atom is 0.338 e. The summed E-state index contributed by atoms with van der Waals surface area (Å²) in [5.41, 5.74) is 2.13. The van der Waals surface area contributed by atoms with E-state index in [4.69, 9.17) is 9.47 Å². The molecule has 1 heterocycles. The van der Waals surface area contributed by atoms with Crippen LogP contribution in [0, 0.1) is 17.3 Å². The first-order valence-corrected chi connectivity index (χ1v) is 12.6. The second kappa shape index (κ2) is 10.6. The van der Waals surface area contributed by atoms with Crippen molar-refractivity contribution in [2.24, 2.45) is 17.3 Å². The summed E-state index contributed by atoms with van der Waals surface area (Å²) in [5, 5.41) is 0. The van der Waals surface area contributed by atoms with Gasteiger partial charge < -0.3 is 9.47 Å². The summed E-state index contributed by atoms with van der Waals surface area (Å²) in [6, 6.07) is 17.3. The zero-order valence-corrected chi connectivity index (χ0v) is 20.7. The van der Waals surface area contributed by atoms with Crippen molar-refractivity contribution >= 4 is 17.7 Å². The lowest BCUT2D eigenvalue weighted by molar-refractivity contribution is -0.141. The van der Waals surface area contributed by atoms with Crippen molar-refractivity contribution in [3.8, 4) is 11.1 Å². The predicted molar refractivity (Wildman–Crippen MR) is 135 cm³/mol. The van der Waals surface area contributed by atoms with Crippen LogP contribution in [-0.2, 0) is 19.1 Å². The zero-order valence-electron chi connectivity index (χ0n) is 20.7. The Bertz CT molecular complexity index is 1080. The molecule has 5 heteroatoms. The Balaban J connectivity index is 1.47. The van der Waals surface area contributed by atoms with E-state index < -0.39 is 17.5 Å². The minimum atomic E-state index is -0.445. The van der Waals surface area contributed by atoms with E-state index in [0.717, 1.165) is 30.4 Å². The summed E-state index contributed by atoms with van der Waals surface area (Å²) >= 11 is 0. The van der Waals surface area contributed by atoms with Crippen molar-refractivity contribution in [1.82, 2.24) is 0 Å². The van der Waals surface area contributed by atoms with Crippen LogP contribution in [0.4, 0.5) is 0 Å². The van der Waals surface area contributed by atoms with Gasteiger partial charge in [-0.1, -0.05) is 82.2 Å². The average molecular weight is 475 g/mol. The number of ketones is 1. The summed E-state index contributed by atoms with van der Waals surface area (Å²) in [6.07, 6.45) is 6.34. The number of carbonyl (C=O) groups excluding carboxylic acids is 3. The average Bonchev–Trinajstić information content (AvgIpc) is 3.37. The minimum Gasteiger partial charge on any atom is -0.462 e. The SMILES string of the molecule is CCCCC(C)(C)C(=O)C=C[C@@H]1[C@H]2CC(=O)O[C@H]2C[C@H]1OC(=O)c1ccc(-c2ccccc2)cc1. The van der Waals surface area contributed by atoms with E-state index in [1.54, 1.807) is 18.2 Å². The van der Waals surface area contributed by atoms with E-state index in [1.165, 1.54) is 0 Å². The van der Waals surface area contributed by atoms with Crippen molar-refractivity contribution in [3.05, 3.63) is 72.3 Å². The normalized spacial score (nSPS) is 23.8. The molecule has 0 spiro atoms. The predicted octanol–water partition coefficient (Wildman–Crippen LogP) is 6.17. The van der Waals surface area contributed by atoms with Gasteiger partial charge in [0.15, 0.2) is 5.78 Å². The standard InChI is InChI=1S/C30H34O5/c1-4-5-17-30(2,3)27(31)16-15-23-24-18-28(32)34-26(24)19-25(23)35-29(33)22-13-11-21(12-14-22)20-9-7-6-8-10-20/h6-16,23-26H,4-5,17-19H2,1-3H3/t23-,24-,25-,26+/m1/s1. The molecule has 1 aliphatic heterocycles. The Hall–Kier alpha value is -3.21. The fourth-order valence-corrected chi connectivity index (χ4v) is 5.09. The molecule has 184 valence electrons. The maximum atomic E-state index is 13.0. The molecule has 1 aliphatic carbocycles. The molecule has 1 saturated heterocycles. The van der Waals surface area contributed by atoms with Crippen molar-refractivity contribution in [2.45, 2.75) is 65.1 Å². The third-order valence-corrected chi connectivity index (χ3v) is 7.33. The van der Waals surface area contributed by atoms with E-state index in [-0.39, 0.29) is 36.1 Å². The molecule has 0 amide bonds. The van der Waals surface area contributed by atoms with Gasteiger partial charge in [-0.15, -0.1) is 0 Å².